The normalized spacial score (nSPS) is 15.9. The average molecular weight is 207 g/mol. The Morgan fingerprint density at radius 1 is 1.47 bits per heavy atom. The topological polar surface area (TPSA) is 29.1 Å². The van der Waals surface area contributed by atoms with Crippen LogP contribution in [-0.4, -0.2) is 11.8 Å². The molecule has 0 aliphatic heterocycles. The van der Waals surface area contributed by atoms with Gasteiger partial charge in [0.05, 0.1) is 5.56 Å². The van der Waals surface area contributed by atoms with Crippen LogP contribution in [0.3, 0.4) is 0 Å². The Hall–Kier alpha value is -1.38. The summed E-state index contributed by atoms with van der Waals surface area (Å²) in [6, 6.07) is 5.18. The number of benzene rings is 1. The van der Waals surface area contributed by atoms with E-state index in [1.165, 1.54) is 19.4 Å². The van der Waals surface area contributed by atoms with Gasteiger partial charge in [-0.25, -0.2) is 4.39 Å². The molecule has 0 saturated heterocycles. The first-order valence-corrected chi connectivity index (χ1v) is 5.24. The summed E-state index contributed by atoms with van der Waals surface area (Å²) in [4.78, 5) is 11.0. The number of hydrogen-bond donors (Lipinski definition) is 1. The predicted molar refractivity (Wildman–Crippen MR) is 57.7 cm³/mol. The minimum absolute atomic E-state index is 0.161. The number of carbonyl (C=O) groups is 1. The van der Waals surface area contributed by atoms with Crippen LogP contribution in [0, 0.1) is 5.82 Å². The Morgan fingerprint density at radius 3 is 2.67 bits per heavy atom. The minimum atomic E-state index is -0.438. The van der Waals surface area contributed by atoms with Crippen molar-refractivity contribution in [1.82, 2.24) is 0 Å². The molecule has 2 rings (SSSR count). The molecule has 1 fully saturated rings. The van der Waals surface area contributed by atoms with Crippen LogP contribution < -0.4 is 5.32 Å². The van der Waals surface area contributed by atoms with Crippen LogP contribution in [0.5, 0.6) is 0 Å². The first-order valence-electron chi connectivity index (χ1n) is 5.24. The van der Waals surface area contributed by atoms with Gasteiger partial charge in [-0.1, -0.05) is 0 Å². The van der Waals surface area contributed by atoms with E-state index in [2.05, 4.69) is 5.32 Å². The molecular weight excluding hydrogens is 193 g/mol. The first kappa shape index (κ1) is 10.1. The Balaban J connectivity index is 2.13. The number of nitrogens with one attached hydrogen (secondary N) is 1. The lowest BCUT2D eigenvalue weighted by atomic mass is 9.93. The number of halogens is 1. The van der Waals surface area contributed by atoms with Crippen molar-refractivity contribution in [2.75, 3.05) is 5.32 Å². The molecule has 0 heterocycles. The summed E-state index contributed by atoms with van der Waals surface area (Å²) in [5.74, 6) is -0.672. The van der Waals surface area contributed by atoms with Crippen molar-refractivity contribution in [3.05, 3.63) is 29.6 Å². The highest BCUT2D eigenvalue weighted by atomic mass is 19.1. The van der Waals surface area contributed by atoms with Gasteiger partial charge in [-0.05, 0) is 44.4 Å². The third kappa shape index (κ3) is 2.17. The molecule has 1 saturated carbocycles. The Labute approximate surface area is 88.5 Å². The number of hydrogen-bond acceptors (Lipinski definition) is 2. The molecule has 1 aromatic rings. The van der Waals surface area contributed by atoms with Gasteiger partial charge in [0.1, 0.15) is 5.82 Å². The maximum absolute atomic E-state index is 13.4. The zero-order chi connectivity index (χ0) is 10.8. The van der Waals surface area contributed by atoms with Crippen molar-refractivity contribution >= 4 is 11.5 Å². The fraction of sp³-hybridized carbons (Fsp3) is 0.417. The van der Waals surface area contributed by atoms with E-state index in [1.807, 2.05) is 0 Å². The maximum atomic E-state index is 13.4. The third-order valence-electron chi connectivity index (χ3n) is 2.82. The van der Waals surface area contributed by atoms with Crippen molar-refractivity contribution in [2.45, 2.75) is 32.2 Å². The van der Waals surface area contributed by atoms with Crippen LogP contribution in [0.15, 0.2) is 18.2 Å². The SMILES string of the molecule is CC(=O)c1ccc(NC2CCC2)cc1F. The second-order valence-corrected chi connectivity index (χ2v) is 4.02. The molecule has 2 nitrogen and oxygen atoms in total. The van der Waals surface area contributed by atoms with Gasteiger partial charge in [0, 0.05) is 11.7 Å². The fourth-order valence-electron chi connectivity index (χ4n) is 1.68. The summed E-state index contributed by atoms with van der Waals surface area (Å²) in [7, 11) is 0. The molecule has 0 spiro atoms. The molecule has 0 unspecified atom stereocenters. The van der Waals surface area contributed by atoms with Crippen LogP contribution in [0.25, 0.3) is 0 Å². The van der Waals surface area contributed by atoms with E-state index in [4.69, 9.17) is 0 Å². The summed E-state index contributed by atoms with van der Waals surface area (Å²) in [5, 5.41) is 3.23. The van der Waals surface area contributed by atoms with Gasteiger partial charge < -0.3 is 5.32 Å². The van der Waals surface area contributed by atoms with Gasteiger partial charge in [-0.3, -0.25) is 4.79 Å². The lowest BCUT2D eigenvalue weighted by Crippen LogP contribution is -2.27. The molecule has 1 N–H and O–H groups in total. The van der Waals surface area contributed by atoms with Crippen molar-refractivity contribution < 1.29 is 9.18 Å². The minimum Gasteiger partial charge on any atom is -0.382 e. The molecule has 80 valence electrons. The lowest BCUT2D eigenvalue weighted by molar-refractivity contribution is 0.101. The Bertz CT molecular complexity index is 385. The van der Waals surface area contributed by atoms with Gasteiger partial charge in [0.2, 0.25) is 0 Å². The highest BCUT2D eigenvalue weighted by molar-refractivity contribution is 5.94. The number of ketones is 1. The molecule has 1 aliphatic carbocycles. The molecule has 3 heteroatoms. The fourth-order valence-corrected chi connectivity index (χ4v) is 1.68. The highest BCUT2D eigenvalue weighted by Gasteiger charge is 2.17. The molecule has 0 bridgehead atoms. The standard InChI is InChI=1S/C12H14FNO/c1-8(15)11-6-5-10(7-12(11)13)14-9-3-2-4-9/h5-7,9,14H,2-4H2,1H3. The van der Waals surface area contributed by atoms with Crippen molar-refractivity contribution in [3.8, 4) is 0 Å². The molecule has 0 amide bonds. The van der Waals surface area contributed by atoms with E-state index in [0.717, 1.165) is 18.5 Å². The quantitative estimate of drug-likeness (QED) is 0.772. The molecule has 0 aromatic heterocycles. The number of carbonyl (C=O) groups excluding carboxylic acids is 1. The first-order chi connectivity index (χ1) is 7.16. The zero-order valence-electron chi connectivity index (χ0n) is 8.72. The predicted octanol–water partition coefficient (Wildman–Crippen LogP) is 2.99. The van der Waals surface area contributed by atoms with Gasteiger partial charge in [-0.15, -0.1) is 0 Å². The molecule has 1 aliphatic rings. The van der Waals surface area contributed by atoms with Crippen molar-refractivity contribution in [2.24, 2.45) is 0 Å². The highest BCUT2D eigenvalue weighted by Crippen LogP contribution is 2.24. The lowest BCUT2D eigenvalue weighted by Gasteiger charge is -2.27. The molecule has 1 aromatic carbocycles. The van der Waals surface area contributed by atoms with Crippen LogP contribution >= 0.6 is 0 Å². The summed E-state index contributed by atoms with van der Waals surface area (Å²) in [5.41, 5.74) is 0.927. The van der Waals surface area contributed by atoms with E-state index in [1.54, 1.807) is 12.1 Å². The summed E-state index contributed by atoms with van der Waals surface area (Å²) in [6.07, 6.45) is 3.54. The van der Waals surface area contributed by atoms with Crippen LogP contribution in [0.2, 0.25) is 0 Å². The van der Waals surface area contributed by atoms with Gasteiger partial charge in [0.25, 0.3) is 0 Å². The summed E-state index contributed by atoms with van der Waals surface area (Å²) in [6.45, 7) is 1.37. The number of anilines is 1. The van der Waals surface area contributed by atoms with Crippen molar-refractivity contribution in [1.29, 1.82) is 0 Å². The van der Waals surface area contributed by atoms with Gasteiger partial charge in [-0.2, -0.15) is 0 Å². The van der Waals surface area contributed by atoms with Gasteiger partial charge >= 0.3 is 0 Å². The zero-order valence-corrected chi connectivity index (χ0v) is 8.72. The second kappa shape index (κ2) is 4.01. The summed E-state index contributed by atoms with van der Waals surface area (Å²) >= 11 is 0. The maximum Gasteiger partial charge on any atom is 0.162 e. The van der Waals surface area contributed by atoms with E-state index in [0.29, 0.717) is 6.04 Å². The monoisotopic (exact) mass is 207 g/mol. The molecule has 0 atom stereocenters. The van der Waals surface area contributed by atoms with Crippen LogP contribution in [-0.2, 0) is 0 Å². The van der Waals surface area contributed by atoms with Crippen LogP contribution in [0.4, 0.5) is 10.1 Å². The third-order valence-corrected chi connectivity index (χ3v) is 2.82. The number of Topliss-reactive ketones (excluding diaryl/α,β-unsaturated/α-hetero) is 1. The molecular formula is C12H14FNO. The number of rotatable bonds is 3. The van der Waals surface area contributed by atoms with E-state index in [-0.39, 0.29) is 11.3 Å². The van der Waals surface area contributed by atoms with Crippen LogP contribution in [0.1, 0.15) is 36.5 Å². The van der Waals surface area contributed by atoms with E-state index >= 15 is 0 Å². The largest absolute Gasteiger partial charge is 0.382 e. The molecule has 15 heavy (non-hydrogen) atoms. The Kier molecular flexibility index (Phi) is 2.71. The molecule has 0 radical (unpaired) electrons. The van der Waals surface area contributed by atoms with E-state index in [9.17, 15) is 9.18 Å². The van der Waals surface area contributed by atoms with E-state index < -0.39 is 5.82 Å². The second-order valence-electron chi connectivity index (χ2n) is 4.02. The Morgan fingerprint density at radius 2 is 2.20 bits per heavy atom. The van der Waals surface area contributed by atoms with Gasteiger partial charge in [0.15, 0.2) is 5.78 Å². The smallest absolute Gasteiger partial charge is 0.162 e. The average Bonchev–Trinajstić information content (AvgIpc) is 2.11. The summed E-state index contributed by atoms with van der Waals surface area (Å²) < 4.78 is 13.4. The van der Waals surface area contributed by atoms with Crippen molar-refractivity contribution in [3.63, 3.8) is 0 Å².